The summed E-state index contributed by atoms with van der Waals surface area (Å²) in [6.07, 6.45) is -0.404. The SMILES string of the molecule is O=C(O)c1cccc(CC2COc3ccc(OCc4nc5cc(F)ccc5s4)cc3C2O)c1-c1ccccc1. The van der Waals surface area contributed by atoms with Gasteiger partial charge in [0.2, 0.25) is 0 Å². The third-order valence-electron chi connectivity index (χ3n) is 6.88. The average molecular weight is 542 g/mol. The molecule has 8 heteroatoms. The number of fused-ring (bicyclic) bond motifs is 2. The van der Waals surface area contributed by atoms with E-state index in [4.69, 9.17) is 9.47 Å². The van der Waals surface area contributed by atoms with Crippen LogP contribution in [0, 0.1) is 11.7 Å². The fourth-order valence-electron chi connectivity index (χ4n) is 5.02. The van der Waals surface area contributed by atoms with Crippen LogP contribution in [0.4, 0.5) is 4.39 Å². The van der Waals surface area contributed by atoms with Gasteiger partial charge in [-0.2, -0.15) is 0 Å². The van der Waals surface area contributed by atoms with Crippen LogP contribution in [0.2, 0.25) is 0 Å². The lowest BCUT2D eigenvalue weighted by Crippen LogP contribution is -2.28. The summed E-state index contributed by atoms with van der Waals surface area (Å²) in [6.45, 7) is 0.505. The molecule has 6 rings (SSSR count). The number of aromatic carboxylic acids is 1. The van der Waals surface area contributed by atoms with Crippen molar-refractivity contribution < 1.29 is 28.9 Å². The van der Waals surface area contributed by atoms with Gasteiger partial charge in [-0.05, 0) is 59.5 Å². The molecule has 6 nitrogen and oxygen atoms in total. The second-order valence-corrected chi connectivity index (χ2v) is 10.6. The highest BCUT2D eigenvalue weighted by Crippen LogP contribution is 2.40. The van der Waals surface area contributed by atoms with Crippen LogP contribution >= 0.6 is 11.3 Å². The van der Waals surface area contributed by atoms with Crippen LogP contribution in [-0.2, 0) is 13.0 Å². The van der Waals surface area contributed by atoms with Gasteiger partial charge in [-0.1, -0.05) is 42.5 Å². The summed E-state index contributed by atoms with van der Waals surface area (Å²) in [6, 6.07) is 24.5. The molecular formula is C31H24FNO5S. The molecular weight excluding hydrogens is 517 g/mol. The number of rotatable bonds is 7. The molecule has 0 amide bonds. The third kappa shape index (κ3) is 5.08. The van der Waals surface area contributed by atoms with Crippen LogP contribution in [0.25, 0.3) is 21.3 Å². The largest absolute Gasteiger partial charge is 0.493 e. The van der Waals surface area contributed by atoms with Crippen molar-refractivity contribution in [3.05, 3.63) is 112 Å². The molecule has 0 radical (unpaired) electrons. The molecule has 39 heavy (non-hydrogen) atoms. The van der Waals surface area contributed by atoms with Crippen LogP contribution in [0.15, 0.2) is 84.9 Å². The van der Waals surface area contributed by atoms with Crippen LogP contribution in [0.3, 0.4) is 0 Å². The number of carboxylic acids is 1. The van der Waals surface area contributed by atoms with Crippen molar-refractivity contribution in [2.75, 3.05) is 6.61 Å². The first-order valence-corrected chi connectivity index (χ1v) is 13.3. The summed E-state index contributed by atoms with van der Waals surface area (Å²) in [5, 5.41) is 21.9. The molecule has 2 atom stereocenters. The predicted octanol–water partition coefficient (Wildman–Crippen LogP) is 6.66. The fourth-order valence-corrected chi connectivity index (χ4v) is 5.88. The maximum atomic E-state index is 13.5. The van der Waals surface area contributed by atoms with E-state index >= 15 is 0 Å². The number of ether oxygens (including phenoxy) is 2. The van der Waals surface area contributed by atoms with Gasteiger partial charge < -0.3 is 19.7 Å². The smallest absolute Gasteiger partial charge is 0.336 e. The van der Waals surface area contributed by atoms with Crippen LogP contribution < -0.4 is 9.47 Å². The maximum absolute atomic E-state index is 13.5. The number of aromatic nitrogens is 1. The molecule has 1 aromatic heterocycles. The van der Waals surface area contributed by atoms with E-state index in [1.54, 1.807) is 36.4 Å². The van der Waals surface area contributed by atoms with Gasteiger partial charge in [-0.15, -0.1) is 11.3 Å². The van der Waals surface area contributed by atoms with Crippen molar-refractivity contribution in [2.24, 2.45) is 5.92 Å². The van der Waals surface area contributed by atoms with E-state index in [2.05, 4.69) is 4.98 Å². The van der Waals surface area contributed by atoms with E-state index in [0.717, 1.165) is 20.8 Å². The first-order valence-electron chi connectivity index (χ1n) is 12.5. The third-order valence-corrected chi connectivity index (χ3v) is 7.89. The number of carbonyl (C=O) groups is 1. The number of aliphatic hydroxyl groups excluding tert-OH is 1. The van der Waals surface area contributed by atoms with Crippen molar-refractivity contribution in [3.63, 3.8) is 0 Å². The van der Waals surface area contributed by atoms with Crippen LogP contribution in [0.5, 0.6) is 11.5 Å². The van der Waals surface area contributed by atoms with E-state index < -0.39 is 12.1 Å². The van der Waals surface area contributed by atoms with E-state index in [-0.39, 0.29) is 23.9 Å². The van der Waals surface area contributed by atoms with Crippen LogP contribution in [0.1, 0.15) is 32.6 Å². The molecule has 2 unspecified atom stereocenters. The van der Waals surface area contributed by atoms with E-state index in [9.17, 15) is 19.4 Å². The number of carboxylic acid groups (broad SMARTS) is 1. The Morgan fingerprint density at radius 3 is 2.72 bits per heavy atom. The number of thiazole rings is 1. The van der Waals surface area contributed by atoms with Gasteiger partial charge in [0, 0.05) is 17.5 Å². The van der Waals surface area contributed by atoms with Gasteiger partial charge in [0.05, 0.1) is 28.5 Å². The van der Waals surface area contributed by atoms with E-state index in [1.807, 2.05) is 36.4 Å². The summed E-state index contributed by atoms with van der Waals surface area (Å²) in [5.74, 6) is -0.478. The topological polar surface area (TPSA) is 88.9 Å². The lowest BCUT2D eigenvalue weighted by atomic mass is 9.84. The molecule has 1 aliphatic rings. The second kappa shape index (κ2) is 10.5. The molecule has 4 aromatic carbocycles. The number of aliphatic hydroxyl groups is 1. The lowest BCUT2D eigenvalue weighted by Gasteiger charge is -2.31. The maximum Gasteiger partial charge on any atom is 0.336 e. The van der Waals surface area contributed by atoms with E-state index in [0.29, 0.717) is 41.2 Å². The van der Waals surface area contributed by atoms with Gasteiger partial charge >= 0.3 is 5.97 Å². The molecule has 5 aromatic rings. The van der Waals surface area contributed by atoms with Crippen molar-refractivity contribution in [3.8, 4) is 22.6 Å². The summed E-state index contributed by atoms with van der Waals surface area (Å²) < 4.78 is 26.3. The summed E-state index contributed by atoms with van der Waals surface area (Å²) in [5.41, 5.74) is 3.72. The molecule has 0 fully saturated rings. The standard InChI is InChI=1S/C31H24FNO5S/c32-21-9-12-27-25(14-21)33-28(39-27)17-37-22-10-11-26-24(15-22)30(34)20(16-38-26)13-19-7-4-8-23(31(35)36)29(19)18-5-2-1-3-6-18/h1-12,14-15,20,30,34H,13,16-17H2,(H,35,36). The molecule has 2 heterocycles. The Balaban J connectivity index is 1.23. The minimum absolute atomic E-state index is 0.211. The van der Waals surface area contributed by atoms with Crippen molar-refractivity contribution in [1.82, 2.24) is 4.98 Å². The highest BCUT2D eigenvalue weighted by molar-refractivity contribution is 7.18. The minimum atomic E-state index is -0.999. The van der Waals surface area contributed by atoms with E-state index in [1.165, 1.54) is 23.5 Å². The van der Waals surface area contributed by atoms with Gasteiger partial charge in [-0.25, -0.2) is 14.2 Å². The zero-order valence-corrected chi connectivity index (χ0v) is 21.5. The monoisotopic (exact) mass is 541 g/mol. The quantitative estimate of drug-likeness (QED) is 0.239. The Morgan fingerprint density at radius 2 is 1.90 bits per heavy atom. The van der Waals surface area contributed by atoms with Gasteiger partial charge in [0.1, 0.15) is 28.9 Å². The number of benzene rings is 4. The summed E-state index contributed by atoms with van der Waals surface area (Å²) >= 11 is 1.44. The molecule has 0 saturated heterocycles. The predicted molar refractivity (Wildman–Crippen MR) is 147 cm³/mol. The average Bonchev–Trinajstić information content (AvgIpc) is 3.36. The molecule has 0 saturated carbocycles. The number of hydrogen-bond acceptors (Lipinski definition) is 6. The van der Waals surface area contributed by atoms with Crippen molar-refractivity contribution in [2.45, 2.75) is 19.1 Å². The molecule has 2 N–H and O–H groups in total. The zero-order chi connectivity index (χ0) is 26.9. The Hall–Kier alpha value is -4.27. The van der Waals surface area contributed by atoms with Crippen LogP contribution in [-0.4, -0.2) is 27.8 Å². The zero-order valence-electron chi connectivity index (χ0n) is 20.7. The number of halogens is 1. The second-order valence-electron chi connectivity index (χ2n) is 9.44. The Kier molecular flexibility index (Phi) is 6.72. The molecule has 0 spiro atoms. The first-order chi connectivity index (χ1) is 19.0. The minimum Gasteiger partial charge on any atom is -0.493 e. The fraction of sp³-hybridized carbons (Fsp3) is 0.161. The lowest BCUT2D eigenvalue weighted by molar-refractivity contribution is 0.0505. The van der Waals surface area contributed by atoms with Gasteiger partial charge in [-0.3, -0.25) is 0 Å². The number of hydrogen-bond donors (Lipinski definition) is 2. The molecule has 196 valence electrons. The van der Waals surface area contributed by atoms with Crippen molar-refractivity contribution in [1.29, 1.82) is 0 Å². The Labute approximate surface area is 227 Å². The molecule has 0 bridgehead atoms. The molecule has 0 aliphatic carbocycles. The summed E-state index contributed by atoms with van der Waals surface area (Å²) in [7, 11) is 0. The van der Waals surface area contributed by atoms with Gasteiger partial charge in [0.15, 0.2) is 0 Å². The van der Waals surface area contributed by atoms with Crippen molar-refractivity contribution >= 4 is 27.5 Å². The Bertz CT molecular complexity index is 1670. The van der Waals surface area contributed by atoms with Gasteiger partial charge in [0.25, 0.3) is 0 Å². The first kappa shape index (κ1) is 25.0. The number of nitrogens with zero attached hydrogens (tertiary/aromatic N) is 1. The summed E-state index contributed by atoms with van der Waals surface area (Å²) in [4.78, 5) is 16.5. The Morgan fingerprint density at radius 1 is 1.05 bits per heavy atom. The highest BCUT2D eigenvalue weighted by Gasteiger charge is 2.31. The highest BCUT2D eigenvalue weighted by atomic mass is 32.1. The normalized spacial score (nSPS) is 16.5. The molecule has 1 aliphatic heterocycles.